The lowest BCUT2D eigenvalue weighted by atomic mass is 9.88. The molecule has 0 amide bonds. The summed E-state index contributed by atoms with van der Waals surface area (Å²) in [6.45, 7) is 8.06. The number of aryl methyl sites for hydroxylation is 2. The van der Waals surface area contributed by atoms with E-state index in [-0.39, 0.29) is 11.6 Å². The van der Waals surface area contributed by atoms with Crippen LogP contribution in [0.5, 0.6) is 5.75 Å². The SMILES string of the molecule is Cc1cc2c(cc1C)C(N(C)S(C)(=O)=O)CC(C)(C)O2. The summed E-state index contributed by atoms with van der Waals surface area (Å²) >= 11 is 0. The van der Waals surface area contributed by atoms with Gasteiger partial charge >= 0.3 is 0 Å². The van der Waals surface area contributed by atoms with E-state index in [0.29, 0.717) is 6.42 Å². The van der Waals surface area contributed by atoms with Crippen LogP contribution in [0.25, 0.3) is 0 Å². The number of sulfonamides is 1. The molecule has 0 fully saturated rings. The van der Waals surface area contributed by atoms with Gasteiger partial charge < -0.3 is 4.74 Å². The van der Waals surface area contributed by atoms with Crippen LogP contribution in [-0.2, 0) is 10.0 Å². The average Bonchev–Trinajstić information content (AvgIpc) is 2.27. The normalized spacial score (nSPS) is 21.4. The van der Waals surface area contributed by atoms with Gasteiger partial charge in [-0.15, -0.1) is 0 Å². The lowest BCUT2D eigenvalue weighted by Gasteiger charge is -2.40. The minimum atomic E-state index is -3.24. The first-order valence-corrected chi connectivity index (χ1v) is 8.59. The Hall–Kier alpha value is -1.07. The maximum absolute atomic E-state index is 11.9. The van der Waals surface area contributed by atoms with E-state index in [0.717, 1.165) is 22.4 Å². The zero-order chi connectivity index (χ0) is 15.3. The van der Waals surface area contributed by atoms with E-state index >= 15 is 0 Å². The second kappa shape index (κ2) is 4.74. The van der Waals surface area contributed by atoms with Crippen molar-refractivity contribution < 1.29 is 13.2 Å². The van der Waals surface area contributed by atoms with E-state index < -0.39 is 10.0 Å². The first-order chi connectivity index (χ1) is 9.01. The number of rotatable bonds is 2. The molecule has 0 bridgehead atoms. The summed E-state index contributed by atoms with van der Waals surface area (Å²) in [5.41, 5.74) is 2.89. The van der Waals surface area contributed by atoms with E-state index in [1.807, 2.05) is 39.8 Å². The maximum Gasteiger partial charge on any atom is 0.211 e. The number of hydrogen-bond donors (Lipinski definition) is 0. The molecule has 1 aliphatic heterocycles. The van der Waals surface area contributed by atoms with Crippen molar-refractivity contribution in [3.05, 3.63) is 28.8 Å². The lowest BCUT2D eigenvalue weighted by molar-refractivity contribution is 0.0541. The van der Waals surface area contributed by atoms with Crippen molar-refractivity contribution in [3.63, 3.8) is 0 Å². The Morgan fingerprint density at radius 2 is 1.80 bits per heavy atom. The van der Waals surface area contributed by atoms with E-state index in [1.54, 1.807) is 7.05 Å². The van der Waals surface area contributed by atoms with Gasteiger partial charge in [-0.05, 0) is 44.9 Å². The van der Waals surface area contributed by atoms with Gasteiger partial charge in [-0.2, -0.15) is 4.31 Å². The molecule has 20 heavy (non-hydrogen) atoms. The van der Waals surface area contributed by atoms with Crippen molar-refractivity contribution in [3.8, 4) is 5.75 Å². The third-order valence-electron chi connectivity index (χ3n) is 4.02. The summed E-state index contributed by atoms with van der Waals surface area (Å²) in [6, 6.07) is 3.88. The molecular weight excluding hydrogens is 274 g/mol. The molecule has 112 valence electrons. The quantitative estimate of drug-likeness (QED) is 0.843. The molecular formula is C15H23NO3S. The molecule has 0 radical (unpaired) electrons. The van der Waals surface area contributed by atoms with Gasteiger partial charge in [0.05, 0.1) is 12.3 Å². The fourth-order valence-electron chi connectivity index (χ4n) is 2.63. The van der Waals surface area contributed by atoms with Gasteiger partial charge in [0.2, 0.25) is 10.0 Å². The molecule has 1 heterocycles. The molecule has 1 aromatic rings. The van der Waals surface area contributed by atoms with Crippen LogP contribution in [0.3, 0.4) is 0 Å². The zero-order valence-corrected chi connectivity index (χ0v) is 13.8. The first kappa shape index (κ1) is 15.3. The van der Waals surface area contributed by atoms with Gasteiger partial charge in [-0.3, -0.25) is 0 Å². The Kier molecular flexibility index (Phi) is 3.63. The Bertz CT molecular complexity index is 635. The smallest absolute Gasteiger partial charge is 0.211 e. The van der Waals surface area contributed by atoms with Crippen molar-refractivity contribution in [2.24, 2.45) is 0 Å². The van der Waals surface area contributed by atoms with Crippen LogP contribution in [0.4, 0.5) is 0 Å². The van der Waals surface area contributed by atoms with Crippen LogP contribution < -0.4 is 4.74 Å². The second-order valence-electron chi connectivity index (χ2n) is 6.34. The van der Waals surface area contributed by atoms with Crippen LogP contribution in [0, 0.1) is 13.8 Å². The second-order valence-corrected chi connectivity index (χ2v) is 8.38. The molecule has 0 aromatic heterocycles. The number of fused-ring (bicyclic) bond motifs is 1. The topological polar surface area (TPSA) is 46.6 Å². The Morgan fingerprint density at radius 1 is 1.25 bits per heavy atom. The zero-order valence-electron chi connectivity index (χ0n) is 13.0. The predicted octanol–water partition coefficient (Wildman–Crippen LogP) is 2.80. The molecule has 0 saturated carbocycles. The third kappa shape index (κ3) is 2.83. The van der Waals surface area contributed by atoms with Crippen molar-refractivity contribution in [1.29, 1.82) is 0 Å². The van der Waals surface area contributed by atoms with Gasteiger partial charge in [0, 0.05) is 19.0 Å². The Labute approximate surface area is 121 Å². The van der Waals surface area contributed by atoms with E-state index in [9.17, 15) is 8.42 Å². The van der Waals surface area contributed by atoms with Crippen LogP contribution in [0.15, 0.2) is 12.1 Å². The average molecular weight is 297 g/mol. The highest BCUT2D eigenvalue weighted by molar-refractivity contribution is 7.88. The minimum Gasteiger partial charge on any atom is -0.487 e. The van der Waals surface area contributed by atoms with Crippen molar-refractivity contribution in [2.75, 3.05) is 13.3 Å². The molecule has 1 atom stereocenters. The number of nitrogens with zero attached hydrogens (tertiary/aromatic N) is 1. The summed E-state index contributed by atoms with van der Waals surface area (Å²) in [5, 5.41) is 0. The molecule has 0 aliphatic carbocycles. The number of benzene rings is 1. The number of ether oxygens (including phenoxy) is 1. The summed E-state index contributed by atoms with van der Waals surface area (Å²) in [7, 11) is -1.60. The van der Waals surface area contributed by atoms with E-state index in [4.69, 9.17) is 4.74 Å². The van der Waals surface area contributed by atoms with Crippen LogP contribution in [-0.4, -0.2) is 31.6 Å². The number of hydrogen-bond acceptors (Lipinski definition) is 3. The summed E-state index contributed by atoms with van der Waals surface area (Å²) < 4.78 is 31.3. The summed E-state index contributed by atoms with van der Waals surface area (Å²) in [4.78, 5) is 0. The fourth-order valence-corrected chi connectivity index (χ4v) is 3.28. The molecule has 4 nitrogen and oxygen atoms in total. The molecule has 0 saturated heterocycles. The maximum atomic E-state index is 11.9. The lowest BCUT2D eigenvalue weighted by Crippen LogP contribution is -2.42. The van der Waals surface area contributed by atoms with Gasteiger partial charge in [0.1, 0.15) is 11.4 Å². The van der Waals surface area contributed by atoms with Crippen LogP contribution in [0.2, 0.25) is 0 Å². The highest BCUT2D eigenvalue weighted by Gasteiger charge is 2.38. The minimum absolute atomic E-state index is 0.178. The van der Waals surface area contributed by atoms with Crippen LogP contribution in [0.1, 0.15) is 43.0 Å². The molecule has 5 heteroatoms. The highest BCUT2D eigenvalue weighted by Crippen LogP contribution is 2.43. The van der Waals surface area contributed by atoms with Gasteiger partial charge in [-0.25, -0.2) is 8.42 Å². The fraction of sp³-hybridized carbons (Fsp3) is 0.600. The largest absolute Gasteiger partial charge is 0.487 e. The summed E-state index contributed by atoms with van der Waals surface area (Å²) in [5.74, 6) is 0.796. The Balaban J connectivity index is 2.58. The molecule has 2 rings (SSSR count). The highest BCUT2D eigenvalue weighted by atomic mass is 32.2. The first-order valence-electron chi connectivity index (χ1n) is 6.74. The van der Waals surface area contributed by atoms with Crippen LogP contribution >= 0.6 is 0 Å². The van der Waals surface area contributed by atoms with Crippen molar-refractivity contribution in [2.45, 2.75) is 45.8 Å². The monoisotopic (exact) mass is 297 g/mol. The summed E-state index contributed by atoms with van der Waals surface area (Å²) in [6.07, 6.45) is 1.89. The molecule has 1 unspecified atom stereocenters. The van der Waals surface area contributed by atoms with Crippen molar-refractivity contribution >= 4 is 10.0 Å². The predicted molar refractivity (Wildman–Crippen MR) is 80.6 cm³/mol. The van der Waals surface area contributed by atoms with E-state index in [2.05, 4.69) is 0 Å². The van der Waals surface area contributed by atoms with E-state index in [1.165, 1.54) is 10.6 Å². The standard InChI is InChI=1S/C15H23NO3S/c1-10-7-12-13(16(5)20(6,17)18)9-15(3,4)19-14(12)8-11(10)2/h7-8,13H,9H2,1-6H3. The Morgan fingerprint density at radius 3 is 2.35 bits per heavy atom. The van der Waals surface area contributed by atoms with Gasteiger partial charge in [0.15, 0.2) is 0 Å². The van der Waals surface area contributed by atoms with Gasteiger partial charge in [0.25, 0.3) is 0 Å². The van der Waals surface area contributed by atoms with Crippen molar-refractivity contribution in [1.82, 2.24) is 4.31 Å². The van der Waals surface area contributed by atoms with Gasteiger partial charge in [-0.1, -0.05) is 6.07 Å². The third-order valence-corrected chi connectivity index (χ3v) is 5.32. The molecule has 0 spiro atoms. The molecule has 1 aromatic carbocycles. The molecule has 0 N–H and O–H groups in total. The molecule has 1 aliphatic rings.